The fraction of sp³-hybridized carbons (Fsp3) is 0.229. The van der Waals surface area contributed by atoms with Crippen LogP contribution in [0.15, 0.2) is 158 Å². The minimum absolute atomic E-state index is 0. The topological polar surface area (TPSA) is 23.1 Å². The number of hydrogen-bond donors (Lipinski definition) is 0. The van der Waals surface area contributed by atoms with E-state index in [-0.39, 0.29) is 29.0 Å². The van der Waals surface area contributed by atoms with Gasteiger partial charge in [-0.2, -0.15) is 23.8 Å². The van der Waals surface area contributed by atoms with E-state index < -0.39 is 0 Å². The van der Waals surface area contributed by atoms with Crippen molar-refractivity contribution in [2.75, 3.05) is 0 Å². The molecule has 0 aliphatic rings. The van der Waals surface area contributed by atoms with Crippen molar-refractivity contribution in [1.29, 1.82) is 0 Å². The summed E-state index contributed by atoms with van der Waals surface area (Å²) in [5.41, 5.74) is 6.27. The molecular formula is C48H51ClOZr-2. The van der Waals surface area contributed by atoms with Gasteiger partial charge < -0.3 is 17.5 Å². The number of rotatable bonds is 3. The molecule has 1 nitrogen and oxygen atoms in total. The Bertz CT molecular complexity index is 1960. The number of hydrogen-bond acceptors (Lipinski definition) is 1. The second-order valence-corrected chi connectivity index (χ2v) is 16.2. The van der Waals surface area contributed by atoms with Crippen molar-refractivity contribution < 1.29 is 41.7 Å². The molecule has 7 aromatic carbocycles. The molecule has 0 heterocycles. The molecule has 0 atom stereocenters. The van der Waals surface area contributed by atoms with Gasteiger partial charge in [0.1, 0.15) is 0 Å². The summed E-state index contributed by atoms with van der Waals surface area (Å²) in [6.07, 6.45) is 0. The summed E-state index contributed by atoms with van der Waals surface area (Å²) in [5.74, 6) is 0.834. The molecule has 7 aromatic rings. The van der Waals surface area contributed by atoms with E-state index in [9.17, 15) is 5.11 Å². The molecule has 262 valence electrons. The second-order valence-electron chi connectivity index (χ2n) is 15.0. The Balaban J connectivity index is 0.000000186. The predicted molar refractivity (Wildman–Crippen MR) is 213 cm³/mol. The van der Waals surface area contributed by atoms with Crippen LogP contribution in [0.3, 0.4) is 0 Å². The molecular weight excluding hydrogens is 719 g/mol. The zero-order valence-electron chi connectivity index (χ0n) is 31.4. The number of halogens is 1. The number of benzene rings is 5. The summed E-state index contributed by atoms with van der Waals surface area (Å²) in [5, 5.41) is 17.1. The largest absolute Gasteiger partial charge is 0.126 e. The van der Waals surface area contributed by atoms with Crippen LogP contribution in [0.5, 0.6) is 5.75 Å². The van der Waals surface area contributed by atoms with Gasteiger partial charge in [-0.15, -0.1) is 45.5 Å². The van der Waals surface area contributed by atoms with Crippen LogP contribution in [-0.2, 0) is 35.1 Å². The van der Waals surface area contributed by atoms with Gasteiger partial charge >= 0.3 is 99.2 Å². The van der Waals surface area contributed by atoms with Crippen LogP contribution in [0.4, 0.5) is 0 Å². The summed E-state index contributed by atoms with van der Waals surface area (Å²) in [7, 11) is 0. The van der Waals surface area contributed by atoms with Gasteiger partial charge in [-0.05, 0) is 16.4 Å². The van der Waals surface area contributed by atoms with E-state index in [0.717, 1.165) is 5.56 Å². The monoisotopic (exact) mass is 768 g/mol. The van der Waals surface area contributed by atoms with Crippen LogP contribution < -0.4 is 17.5 Å². The molecule has 3 heteroatoms. The van der Waals surface area contributed by atoms with Crippen molar-refractivity contribution in [3.8, 4) is 5.75 Å². The SMILES string of the molecule is CC(C)(C)c1ccc([O-])c(C(C)(C)C)c1.CC(C)c1cc[cH-]c1.[Cl-].[Zr+2]=[C](c1ccccc1)c1ccccc1.c1ccc2c(c1)[cH-]c1ccccc12. The molecule has 51 heavy (non-hydrogen) atoms. The van der Waals surface area contributed by atoms with Gasteiger partial charge in [-0.3, -0.25) is 0 Å². The Morgan fingerprint density at radius 1 is 0.608 bits per heavy atom. The predicted octanol–water partition coefficient (Wildman–Crippen LogP) is 9.40. The second kappa shape index (κ2) is 19.1. The average Bonchev–Trinajstić information content (AvgIpc) is 3.78. The first kappa shape index (κ1) is 41.6. The molecule has 7 rings (SSSR count). The zero-order chi connectivity index (χ0) is 36.3. The molecule has 0 bridgehead atoms. The molecule has 0 spiro atoms. The van der Waals surface area contributed by atoms with Crippen LogP contribution in [0, 0.1) is 0 Å². The van der Waals surface area contributed by atoms with E-state index >= 15 is 0 Å². The van der Waals surface area contributed by atoms with Crippen LogP contribution >= 0.6 is 0 Å². The van der Waals surface area contributed by atoms with Crippen LogP contribution in [0.2, 0.25) is 0 Å². The van der Waals surface area contributed by atoms with E-state index in [1.54, 1.807) is 6.07 Å². The first-order chi connectivity index (χ1) is 23.8. The molecule has 0 unspecified atom stereocenters. The summed E-state index contributed by atoms with van der Waals surface area (Å²) in [6.45, 7) is 17.1. The van der Waals surface area contributed by atoms with Crippen LogP contribution in [0.25, 0.3) is 21.5 Å². The maximum atomic E-state index is 11.7. The quantitative estimate of drug-likeness (QED) is 0.164. The van der Waals surface area contributed by atoms with Gasteiger partial charge in [0.25, 0.3) is 0 Å². The molecule has 0 aliphatic carbocycles. The minimum atomic E-state index is -0.0711. The van der Waals surface area contributed by atoms with Crippen molar-refractivity contribution in [3.63, 3.8) is 0 Å². The van der Waals surface area contributed by atoms with E-state index in [0.29, 0.717) is 5.92 Å². The smallest absolute Gasteiger partial charge is 0.0771 e. The standard InChI is InChI=1S/C14H22O.C13H9.C13H10.C8H11.ClH.Zr/c1-13(2,3)10-7-8-12(15)11(9-10)14(4,5)6;1-3-7-12-10(5-1)9-11-6-2-4-8-13(11)12;1-3-7-12(8-4-1)11-13-9-5-2-6-10-13;1-7(2)8-5-3-4-6-8;;/h7-9,15H,1-6H3;1-9H;1-10H;3-7H,1-2H3;1H;/q;-1;;-1;;+2/p-2. The Morgan fingerprint density at radius 3 is 1.47 bits per heavy atom. The number of fused-ring (bicyclic) bond motifs is 3. The van der Waals surface area contributed by atoms with Crippen LogP contribution in [-0.4, -0.2) is 3.21 Å². The molecule has 0 saturated carbocycles. The Labute approximate surface area is 327 Å². The van der Waals surface area contributed by atoms with Crippen molar-refractivity contribution in [2.24, 2.45) is 0 Å². The summed E-state index contributed by atoms with van der Waals surface area (Å²) in [6, 6.07) is 54.5. The first-order valence-corrected chi connectivity index (χ1v) is 18.7. The van der Waals surface area contributed by atoms with Crippen molar-refractivity contribution in [2.45, 2.75) is 72.1 Å². The van der Waals surface area contributed by atoms with Crippen molar-refractivity contribution >= 4 is 24.8 Å². The summed E-state index contributed by atoms with van der Waals surface area (Å²) >= 11 is 1.46. The normalized spacial score (nSPS) is 11.0. The third-order valence-electron chi connectivity index (χ3n) is 8.66. The van der Waals surface area contributed by atoms with E-state index in [1.807, 2.05) is 6.07 Å². The molecule has 0 saturated heterocycles. The summed E-state index contributed by atoms with van der Waals surface area (Å²) < 4.78 is 1.42. The molecule has 0 fully saturated rings. The fourth-order valence-electron chi connectivity index (χ4n) is 5.64. The Hall–Kier alpha value is -3.84. The van der Waals surface area contributed by atoms with Crippen molar-refractivity contribution in [1.82, 2.24) is 0 Å². The first-order valence-electron chi connectivity index (χ1n) is 17.5. The van der Waals surface area contributed by atoms with Crippen LogP contribution in [0.1, 0.15) is 89.1 Å². The van der Waals surface area contributed by atoms with E-state index in [4.69, 9.17) is 0 Å². The Morgan fingerprint density at radius 2 is 1.08 bits per heavy atom. The third kappa shape index (κ3) is 12.1. The molecule has 0 amide bonds. The van der Waals surface area contributed by atoms with Gasteiger partial charge in [0.2, 0.25) is 0 Å². The maximum absolute atomic E-state index is 11.7. The molecule has 0 aliphatic heterocycles. The van der Waals surface area contributed by atoms with E-state index in [2.05, 4.69) is 201 Å². The van der Waals surface area contributed by atoms with Crippen molar-refractivity contribution in [3.05, 3.63) is 186 Å². The van der Waals surface area contributed by atoms with Gasteiger partial charge in [-0.1, -0.05) is 121 Å². The Kier molecular flexibility index (Phi) is 15.6. The zero-order valence-corrected chi connectivity index (χ0v) is 34.6. The molecule has 0 radical (unpaired) electrons. The third-order valence-corrected chi connectivity index (χ3v) is 10.1. The minimum Gasteiger partial charge on any atom is -0.126 e. The fourth-order valence-corrected chi connectivity index (χ4v) is 6.46. The van der Waals surface area contributed by atoms with E-state index in [1.165, 1.54) is 71.2 Å². The average molecular weight is 771 g/mol. The van der Waals surface area contributed by atoms with Gasteiger partial charge in [0.05, 0.1) is 0 Å². The van der Waals surface area contributed by atoms with Gasteiger partial charge in [0, 0.05) is 0 Å². The van der Waals surface area contributed by atoms with Gasteiger partial charge in [0.15, 0.2) is 0 Å². The summed E-state index contributed by atoms with van der Waals surface area (Å²) in [4.78, 5) is 0. The molecule has 0 N–H and O–H groups in total. The maximum Gasteiger partial charge on any atom is -0.0771 e. The molecule has 0 aromatic heterocycles. The van der Waals surface area contributed by atoms with Gasteiger partial charge in [-0.25, -0.2) is 6.07 Å².